The Labute approximate surface area is 155 Å². The molecule has 0 bridgehead atoms. The Balaban J connectivity index is 2.07. The van der Waals surface area contributed by atoms with Crippen LogP contribution in [0.2, 0.25) is 0 Å². The van der Waals surface area contributed by atoms with E-state index in [-0.39, 0.29) is 5.91 Å². The highest BCUT2D eigenvalue weighted by Gasteiger charge is 2.18. The number of nitrogens with one attached hydrogen (secondary N) is 1. The van der Waals surface area contributed by atoms with E-state index in [4.69, 9.17) is 4.74 Å². The summed E-state index contributed by atoms with van der Waals surface area (Å²) in [4.78, 5) is 24.9. The Bertz CT molecular complexity index is 703. The van der Waals surface area contributed by atoms with E-state index in [1.807, 2.05) is 59.5 Å². The van der Waals surface area contributed by atoms with Gasteiger partial charge in [0.15, 0.2) is 12.5 Å². The smallest absolute Gasteiger partial charge is 0.221 e. The molecule has 5 heteroatoms. The van der Waals surface area contributed by atoms with Gasteiger partial charge in [0, 0.05) is 24.8 Å². The second-order valence-corrected chi connectivity index (χ2v) is 6.06. The number of aldehydes is 1. The summed E-state index contributed by atoms with van der Waals surface area (Å²) in [7, 11) is 0. The van der Waals surface area contributed by atoms with Gasteiger partial charge in [-0.2, -0.15) is 0 Å². The fourth-order valence-corrected chi connectivity index (χ4v) is 2.75. The number of hydrogen-bond donors (Lipinski definition) is 1. The number of benzene rings is 2. The van der Waals surface area contributed by atoms with Crippen molar-refractivity contribution < 1.29 is 14.3 Å². The maximum atomic E-state index is 11.7. The van der Waals surface area contributed by atoms with E-state index in [9.17, 15) is 9.59 Å². The van der Waals surface area contributed by atoms with Crippen LogP contribution in [0.4, 0.5) is 11.4 Å². The first-order chi connectivity index (χ1) is 12.6. The second-order valence-electron chi connectivity index (χ2n) is 6.06. The first kappa shape index (κ1) is 19.7. The van der Waals surface area contributed by atoms with Gasteiger partial charge in [-0.1, -0.05) is 43.3 Å². The van der Waals surface area contributed by atoms with Gasteiger partial charge in [-0.3, -0.25) is 9.59 Å². The van der Waals surface area contributed by atoms with Gasteiger partial charge < -0.3 is 15.0 Å². The first-order valence-corrected chi connectivity index (χ1v) is 8.89. The summed E-state index contributed by atoms with van der Waals surface area (Å²) in [6, 6.07) is 17.5. The zero-order chi connectivity index (χ0) is 18.8. The van der Waals surface area contributed by atoms with Crippen LogP contribution in [0.15, 0.2) is 54.6 Å². The van der Waals surface area contributed by atoms with Crippen LogP contribution in [0.25, 0.3) is 0 Å². The van der Waals surface area contributed by atoms with E-state index < -0.39 is 6.23 Å². The number of nitrogens with zero attached hydrogens (tertiary/aromatic N) is 1. The monoisotopic (exact) mass is 354 g/mol. The lowest BCUT2D eigenvalue weighted by molar-refractivity contribution is -0.118. The zero-order valence-corrected chi connectivity index (χ0v) is 15.4. The van der Waals surface area contributed by atoms with Crippen LogP contribution >= 0.6 is 0 Å². The molecule has 0 aliphatic carbocycles. The maximum absolute atomic E-state index is 11.7. The fraction of sp³-hybridized carbons (Fsp3) is 0.333. The maximum Gasteiger partial charge on any atom is 0.221 e. The SMILES string of the molecule is CCCN(c1cccc(NC(C)=O)c1)C(C=O)OCCc1ccccc1. The van der Waals surface area contributed by atoms with Gasteiger partial charge in [0.05, 0.1) is 6.61 Å². The van der Waals surface area contributed by atoms with Crippen molar-refractivity contribution in [3.8, 4) is 0 Å². The Kier molecular flexibility index (Phi) is 7.83. The minimum Gasteiger partial charge on any atom is -0.351 e. The van der Waals surface area contributed by atoms with Gasteiger partial charge in [0.25, 0.3) is 0 Å². The molecule has 1 atom stereocenters. The molecule has 26 heavy (non-hydrogen) atoms. The number of carbonyl (C=O) groups excluding carboxylic acids is 2. The van der Waals surface area contributed by atoms with E-state index in [0.29, 0.717) is 18.8 Å². The lowest BCUT2D eigenvalue weighted by Crippen LogP contribution is -2.39. The van der Waals surface area contributed by atoms with Crippen LogP contribution in [0.5, 0.6) is 0 Å². The molecule has 1 N–H and O–H groups in total. The third-order valence-electron chi connectivity index (χ3n) is 3.91. The largest absolute Gasteiger partial charge is 0.351 e. The fourth-order valence-electron chi connectivity index (χ4n) is 2.75. The Morgan fingerprint density at radius 2 is 1.96 bits per heavy atom. The molecule has 1 unspecified atom stereocenters. The molecule has 0 aliphatic rings. The topological polar surface area (TPSA) is 58.6 Å². The van der Waals surface area contributed by atoms with Gasteiger partial charge in [-0.25, -0.2) is 0 Å². The molecule has 0 saturated heterocycles. The molecule has 1 amide bonds. The van der Waals surface area contributed by atoms with E-state index in [2.05, 4.69) is 12.2 Å². The Morgan fingerprint density at radius 1 is 1.19 bits per heavy atom. The van der Waals surface area contributed by atoms with Gasteiger partial charge in [-0.15, -0.1) is 0 Å². The summed E-state index contributed by atoms with van der Waals surface area (Å²) in [6.07, 6.45) is 1.78. The van der Waals surface area contributed by atoms with Crippen molar-refractivity contribution >= 4 is 23.6 Å². The van der Waals surface area contributed by atoms with Gasteiger partial charge in [0.1, 0.15) is 0 Å². The average Bonchev–Trinajstić information content (AvgIpc) is 2.64. The van der Waals surface area contributed by atoms with Crippen molar-refractivity contribution in [2.45, 2.75) is 32.9 Å². The normalized spacial score (nSPS) is 11.6. The molecule has 0 radical (unpaired) electrons. The summed E-state index contributed by atoms with van der Waals surface area (Å²) in [6.45, 7) is 4.66. The minimum atomic E-state index is -0.661. The van der Waals surface area contributed by atoms with Crippen LogP contribution in [-0.4, -0.2) is 31.6 Å². The van der Waals surface area contributed by atoms with E-state index in [0.717, 1.165) is 24.8 Å². The lowest BCUT2D eigenvalue weighted by Gasteiger charge is -2.30. The third kappa shape index (κ3) is 6.01. The lowest BCUT2D eigenvalue weighted by atomic mass is 10.2. The minimum absolute atomic E-state index is 0.129. The summed E-state index contributed by atoms with van der Waals surface area (Å²) >= 11 is 0. The summed E-state index contributed by atoms with van der Waals surface area (Å²) in [5.74, 6) is -0.129. The number of anilines is 2. The van der Waals surface area contributed by atoms with E-state index in [1.54, 1.807) is 0 Å². The summed E-state index contributed by atoms with van der Waals surface area (Å²) in [5.41, 5.74) is 2.71. The summed E-state index contributed by atoms with van der Waals surface area (Å²) in [5, 5.41) is 2.77. The van der Waals surface area contributed by atoms with Gasteiger partial charge in [-0.05, 0) is 36.6 Å². The highest BCUT2D eigenvalue weighted by Crippen LogP contribution is 2.22. The molecule has 2 aromatic rings. The van der Waals surface area contributed by atoms with Crippen LogP contribution < -0.4 is 10.2 Å². The van der Waals surface area contributed by atoms with Crippen molar-refractivity contribution in [2.75, 3.05) is 23.4 Å². The van der Waals surface area contributed by atoms with Crippen molar-refractivity contribution in [3.05, 3.63) is 60.2 Å². The van der Waals surface area contributed by atoms with Gasteiger partial charge >= 0.3 is 0 Å². The number of carbonyl (C=O) groups is 2. The first-order valence-electron chi connectivity index (χ1n) is 8.89. The zero-order valence-electron chi connectivity index (χ0n) is 15.4. The molecule has 0 fully saturated rings. The van der Waals surface area contributed by atoms with Crippen molar-refractivity contribution in [1.82, 2.24) is 0 Å². The molecule has 2 rings (SSSR count). The quantitative estimate of drug-likeness (QED) is 0.523. The Hall–Kier alpha value is -2.66. The van der Waals surface area contributed by atoms with Gasteiger partial charge in [0.2, 0.25) is 5.91 Å². The van der Waals surface area contributed by atoms with Crippen LogP contribution in [0, 0.1) is 0 Å². The predicted molar refractivity (Wildman–Crippen MR) is 104 cm³/mol. The molecule has 0 spiro atoms. The average molecular weight is 354 g/mol. The van der Waals surface area contributed by atoms with Crippen molar-refractivity contribution in [2.24, 2.45) is 0 Å². The second kappa shape index (κ2) is 10.4. The Morgan fingerprint density at radius 3 is 2.62 bits per heavy atom. The number of hydrogen-bond acceptors (Lipinski definition) is 4. The number of ether oxygens (including phenoxy) is 1. The molecule has 5 nitrogen and oxygen atoms in total. The molecular weight excluding hydrogens is 328 g/mol. The van der Waals surface area contributed by atoms with E-state index in [1.165, 1.54) is 12.5 Å². The van der Waals surface area contributed by atoms with Crippen LogP contribution in [0.1, 0.15) is 25.8 Å². The molecule has 0 saturated carbocycles. The highest BCUT2D eigenvalue weighted by atomic mass is 16.5. The van der Waals surface area contributed by atoms with E-state index >= 15 is 0 Å². The molecule has 2 aromatic carbocycles. The molecule has 0 aliphatic heterocycles. The van der Waals surface area contributed by atoms with Crippen molar-refractivity contribution in [3.63, 3.8) is 0 Å². The van der Waals surface area contributed by atoms with Crippen molar-refractivity contribution in [1.29, 1.82) is 0 Å². The molecule has 0 aromatic heterocycles. The predicted octanol–water partition coefficient (Wildman–Crippen LogP) is 3.65. The standard InChI is InChI=1S/C21H26N2O3/c1-3-13-23(20-11-7-10-19(15-20)22-17(2)25)21(16-24)26-14-12-18-8-5-4-6-9-18/h4-11,15-16,21H,3,12-14H2,1-2H3,(H,22,25). The van der Waals surface area contributed by atoms with Crippen LogP contribution in [0.3, 0.4) is 0 Å². The molecule has 0 heterocycles. The highest BCUT2D eigenvalue weighted by molar-refractivity contribution is 5.89. The molecular formula is C21H26N2O3. The summed E-state index contributed by atoms with van der Waals surface area (Å²) < 4.78 is 5.86. The third-order valence-corrected chi connectivity index (χ3v) is 3.91. The number of rotatable bonds is 10. The molecule has 138 valence electrons. The van der Waals surface area contributed by atoms with Crippen LogP contribution in [-0.2, 0) is 20.7 Å². The number of amides is 1.